The Morgan fingerprint density at radius 2 is 1.87 bits per heavy atom. The second-order valence-corrected chi connectivity index (χ2v) is 5.80. The van der Waals surface area contributed by atoms with E-state index in [1.165, 1.54) is 17.8 Å². The van der Waals surface area contributed by atoms with Gasteiger partial charge in [0.05, 0.1) is 5.39 Å². The van der Waals surface area contributed by atoms with Crippen LogP contribution in [0.2, 0.25) is 0 Å². The number of benzene rings is 2. The normalized spacial score (nSPS) is 10.3. The zero-order valence-electron chi connectivity index (χ0n) is 12.1. The molecule has 2 aromatic carbocycles. The summed E-state index contributed by atoms with van der Waals surface area (Å²) in [5.41, 5.74) is 7.58. The first-order valence-electron chi connectivity index (χ1n) is 6.73. The summed E-state index contributed by atoms with van der Waals surface area (Å²) in [7, 11) is 0. The number of thioether (sulfide) groups is 1. The molecule has 3 N–H and O–H groups in total. The zero-order chi connectivity index (χ0) is 15.5. The van der Waals surface area contributed by atoms with E-state index in [4.69, 9.17) is 15.6 Å². The molecule has 3 rings (SSSR count). The molecule has 3 aromatic rings. The van der Waals surface area contributed by atoms with Gasteiger partial charge >= 0.3 is 0 Å². The van der Waals surface area contributed by atoms with Crippen LogP contribution in [0.5, 0.6) is 0 Å². The van der Waals surface area contributed by atoms with E-state index in [1.54, 1.807) is 6.07 Å². The Balaban J connectivity index is 0.00000192. The van der Waals surface area contributed by atoms with E-state index in [9.17, 15) is 4.79 Å². The second-order valence-electron chi connectivity index (χ2n) is 4.79. The molecule has 1 aromatic heterocycles. The van der Waals surface area contributed by atoms with Crippen molar-refractivity contribution in [1.82, 2.24) is 0 Å². The Kier molecular flexibility index (Phi) is 5.63. The second kappa shape index (κ2) is 7.48. The van der Waals surface area contributed by atoms with Gasteiger partial charge in [-0.2, -0.15) is 0 Å². The summed E-state index contributed by atoms with van der Waals surface area (Å²) in [5, 5.41) is 7.90. The van der Waals surface area contributed by atoms with Crippen LogP contribution in [-0.4, -0.2) is 5.17 Å². The molecule has 23 heavy (non-hydrogen) atoms. The number of halogens is 1. The summed E-state index contributed by atoms with van der Waals surface area (Å²) in [6, 6.07) is 16.5. The lowest BCUT2D eigenvalue weighted by molar-refractivity contribution is 0.616. The zero-order valence-corrected chi connectivity index (χ0v) is 14.6. The fourth-order valence-electron chi connectivity index (χ4n) is 2.25. The van der Waals surface area contributed by atoms with Crippen molar-refractivity contribution in [2.75, 3.05) is 0 Å². The number of hydrogen-bond donors (Lipinski definition) is 2. The highest BCUT2D eigenvalue weighted by Gasteiger charge is 2.10. The molecule has 0 aliphatic heterocycles. The molecule has 0 spiro atoms. The van der Waals surface area contributed by atoms with Gasteiger partial charge in [-0.25, -0.2) is 0 Å². The highest BCUT2D eigenvalue weighted by molar-refractivity contribution is 8.93. The Hall–Kier alpha value is -2.05. The molecule has 0 fully saturated rings. The quantitative estimate of drug-likeness (QED) is 0.519. The van der Waals surface area contributed by atoms with E-state index >= 15 is 0 Å². The first kappa shape index (κ1) is 17.3. The van der Waals surface area contributed by atoms with E-state index in [0.717, 1.165) is 11.1 Å². The maximum atomic E-state index is 12.3. The van der Waals surface area contributed by atoms with E-state index in [2.05, 4.69) is 0 Å². The highest BCUT2D eigenvalue weighted by Crippen LogP contribution is 2.26. The maximum Gasteiger partial charge on any atom is 0.193 e. The standard InChI is InChI=1S/C17H14N2O2S.BrH/c18-17(19)22-10-12-7-4-8-13-14(20)9-15(21-16(12)13)11-5-2-1-3-6-11;/h1-9H,10H2,(H3,18,19);1H. The van der Waals surface area contributed by atoms with E-state index in [-0.39, 0.29) is 27.6 Å². The van der Waals surface area contributed by atoms with Crippen LogP contribution in [0, 0.1) is 5.41 Å². The van der Waals surface area contributed by atoms with E-state index in [1.807, 2.05) is 42.5 Å². The molecule has 1 heterocycles. The summed E-state index contributed by atoms with van der Waals surface area (Å²) in [6.45, 7) is 0. The molecule has 0 saturated carbocycles. The summed E-state index contributed by atoms with van der Waals surface area (Å²) in [4.78, 5) is 12.3. The SMILES string of the molecule is Br.N=C(N)SCc1cccc2c(=O)cc(-c3ccccc3)oc12. The molecule has 0 radical (unpaired) electrons. The molecular weight excluding hydrogens is 376 g/mol. The van der Waals surface area contributed by atoms with Crippen LogP contribution in [0.15, 0.2) is 63.8 Å². The minimum atomic E-state index is -0.0743. The number of nitrogens with two attached hydrogens (primary N) is 1. The van der Waals surface area contributed by atoms with Gasteiger partial charge in [0.2, 0.25) is 0 Å². The molecule has 0 unspecified atom stereocenters. The van der Waals surface area contributed by atoms with Crippen LogP contribution in [0.25, 0.3) is 22.3 Å². The fourth-order valence-corrected chi connectivity index (χ4v) is 2.79. The van der Waals surface area contributed by atoms with Gasteiger partial charge in [-0.15, -0.1) is 17.0 Å². The van der Waals surface area contributed by atoms with Crippen molar-refractivity contribution in [3.63, 3.8) is 0 Å². The maximum absolute atomic E-state index is 12.3. The third-order valence-corrected chi connectivity index (χ3v) is 4.04. The van der Waals surface area contributed by atoms with Crippen molar-refractivity contribution in [3.05, 3.63) is 70.4 Å². The van der Waals surface area contributed by atoms with Crippen LogP contribution in [0.4, 0.5) is 0 Å². The highest BCUT2D eigenvalue weighted by atomic mass is 79.9. The van der Waals surface area contributed by atoms with Crippen LogP contribution < -0.4 is 11.2 Å². The summed E-state index contributed by atoms with van der Waals surface area (Å²) in [6.07, 6.45) is 0. The van der Waals surface area contributed by atoms with Crippen molar-refractivity contribution in [2.45, 2.75) is 5.75 Å². The smallest absolute Gasteiger partial charge is 0.193 e. The lowest BCUT2D eigenvalue weighted by atomic mass is 10.1. The lowest BCUT2D eigenvalue weighted by Gasteiger charge is -2.07. The molecular formula is C17H15BrN2O2S. The van der Waals surface area contributed by atoms with Crippen molar-refractivity contribution in [2.24, 2.45) is 5.73 Å². The van der Waals surface area contributed by atoms with Crippen molar-refractivity contribution in [1.29, 1.82) is 5.41 Å². The Labute approximate surface area is 148 Å². The van der Waals surface area contributed by atoms with Crippen molar-refractivity contribution in [3.8, 4) is 11.3 Å². The topological polar surface area (TPSA) is 80.1 Å². The number of rotatable bonds is 3. The minimum absolute atomic E-state index is 0. The summed E-state index contributed by atoms with van der Waals surface area (Å²) in [5.74, 6) is 1.03. The fraction of sp³-hybridized carbons (Fsp3) is 0.0588. The molecule has 118 valence electrons. The molecule has 4 nitrogen and oxygen atoms in total. The number of para-hydroxylation sites is 1. The van der Waals surface area contributed by atoms with Gasteiger partial charge in [0.15, 0.2) is 10.6 Å². The van der Waals surface area contributed by atoms with Gasteiger partial charge in [-0.05, 0) is 6.07 Å². The molecule has 0 saturated heterocycles. The van der Waals surface area contributed by atoms with E-state index < -0.39 is 0 Å². The number of hydrogen-bond acceptors (Lipinski definition) is 4. The molecule has 6 heteroatoms. The molecule has 0 amide bonds. The average Bonchev–Trinajstić information content (AvgIpc) is 2.53. The third-order valence-electron chi connectivity index (χ3n) is 3.28. The van der Waals surface area contributed by atoms with Gasteiger partial charge in [-0.3, -0.25) is 10.2 Å². The van der Waals surface area contributed by atoms with Gasteiger partial charge in [-0.1, -0.05) is 54.2 Å². The number of amidine groups is 1. The van der Waals surface area contributed by atoms with Gasteiger partial charge < -0.3 is 10.2 Å². The van der Waals surface area contributed by atoms with Crippen LogP contribution >= 0.6 is 28.7 Å². The lowest BCUT2D eigenvalue weighted by Crippen LogP contribution is -2.05. The summed E-state index contributed by atoms with van der Waals surface area (Å²) >= 11 is 1.21. The monoisotopic (exact) mass is 390 g/mol. The van der Waals surface area contributed by atoms with Crippen LogP contribution in [-0.2, 0) is 5.75 Å². The van der Waals surface area contributed by atoms with Crippen LogP contribution in [0.3, 0.4) is 0 Å². The molecule has 0 aliphatic rings. The predicted molar refractivity (Wildman–Crippen MR) is 101 cm³/mol. The Bertz CT molecular complexity index is 894. The van der Waals surface area contributed by atoms with Gasteiger partial charge in [0.1, 0.15) is 11.3 Å². The predicted octanol–water partition coefficient (Wildman–Crippen LogP) is 4.16. The molecule has 0 aliphatic carbocycles. The number of nitrogens with one attached hydrogen (secondary N) is 1. The number of fused-ring (bicyclic) bond motifs is 1. The Morgan fingerprint density at radius 3 is 2.57 bits per heavy atom. The van der Waals surface area contributed by atoms with Crippen molar-refractivity contribution < 1.29 is 4.42 Å². The minimum Gasteiger partial charge on any atom is -0.455 e. The molecule has 0 bridgehead atoms. The van der Waals surface area contributed by atoms with Gasteiger partial charge in [0, 0.05) is 22.9 Å². The third kappa shape index (κ3) is 3.83. The first-order valence-corrected chi connectivity index (χ1v) is 7.72. The van der Waals surface area contributed by atoms with Crippen molar-refractivity contribution >= 4 is 44.9 Å². The van der Waals surface area contributed by atoms with Gasteiger partial charge in [0.25, 0.3) is 0 Å². The largest absolute Gasteiger partial charge is 0.455 e. The van der Waals surface area contributed by atoms with E-state index in [0.29, 0.717) is 22.5 Å². The molecule has 0 atom stereocenters. The first-order chi connectivity index (χ1) is 10.6. The Morgan fingerprint density at radius 1 is 1.13 bits per heavy atom. The summed E-state index contributed by atoms with van der Waals surface area (Å²) < 4.78 is 5.97. The average molecular weight is 391 g/mol. The van der Waals surface area contributed by atoms with Crippen LogP contribution in [0.1, 0.15) is 5.56 Å².